The summed E-state index contributed by atoms with van der Waals surface area (Å²) in [4.78, 5) is 16.0. The van der Waals surface area contributed by atoms with Crippen molar-refractivity contribution in [2.45, 2.75) is 38.1 Å². The van der Waals surface area contributed by atoms with E-state index >= 15 is 0 Å². The quantitative estimate of drug-likeness (QED) is 0.422. The van der Waals surface area contributed by atoms with Crippen molar-refractivity contribution in [3.8, 4) is 5.82 Å². The highest BCUT2D eigenvalue weighted by Crippen LogP contribution is 2.40. The first-order valence-electron chi connectivity index (χ1n) is 13.0. The standard InChI is InChI=1S/C27H28FN7O2S/c1-33-14-18-6-2-5-17-11-20(12-19(15-33)25(17)18)30-27-29-13-21-22(28)16-34(26(21)32-27)23-7-3-8-24(31-23)35-9-4-10-38(35,36)37/h3,7-8,11-13,16,18H,2,4-6,9-10,14-15H2,1H3,(H,29,30,32). The highest BCUT2D eigenvalue weighted by atomic mass is 32.2. The third-order valence-corrected chi connectivity index (χ3v) is 9.65. The predicted molar refractivity (Wildman–Crippen MR) is 144 cm³/mol. The van der Waals surface area contributed by atoms with Crippen molar-refractivity contribution in [3.05, 3.63) is 65.2 Å². The molecule has 1 saturated heterocycles. The second kappa shape index (κ2) is 8.74. The van der Waals surface area contributed by atoms with Crippen LogP contribution in [0.25, 0.3) is 16.9 Å². The number of aromatic nitrogens is 4. The van der Waals surface area contributed by atoms with Gasteiger partial charge in [-0.2, -0.15) is 4.98 Å². The van der Waals surface area contributed by atoms with Crippen LogP contribution < -0.4 is 9.62 Å². The van der Waals surface area contributed by atoms with E-state index in [2.05, 4.69) is 44.3 Å². The van der Waals surface area contributed by atoms with Crippen LogP contribution in [0.5, 0.6) is 0 Å². The Morgan fingerprint density at radius 2 is 1.95 bits per heavy atom. The zero-order chi connectivity index (χ0) is 26.0. The van der Waals surface area contributed by atoms with Crippen molar-refractivity contribution in [2.75, 3.05) is 35.5 Å². The van der Waals surface area contributed by atoms with E-state index in [1.807, 2.05) is 0 Å². The first-order valence-corrected chi connectivity index (χ1v) is 14.6. The molecule has 1 atom stereocenters. The van der Waals surface area contributed by atoms with Crippen LogP contribution in [0.1, 0.15) is 41.9 Å². The Morgan fingerprint density at radius 1 is 1.11 bits per heavy atom. The van der Waals surface area contributed by atoms with Crippen molar-refractivity contribution in [2.24, 2.45) is 0 Å². The molecule has 5 heterocycles. The number of pyridine rings is 1. The summed E-state index contributed by atoms with van der Waals surface area (Å²) >= 11 is 0. The molecule has 3 aliphatic rings. The molecule has 0 saturated carbocycles. The fraction of sp³-hybridized carbons (Fsp3) is 0.370. The van der Waals surface area contributed by atoms with Crippen molar-refractivity contribution < 1.29 is 12.8 Å². The highest BCUT2D eigenvalue weighted by Gasteiger charge is 2.30. The van der Waals surface area contributed by atoms with Crippen LogP contribution in [0.4, 0.5) is 21.8 Å². The molecule has 1 N–H and O–H groups in total. The third-order valence-electron chi connectivity index (χ3n) is 7.80. The average Bonchev–Trinajstić information content (AvgIpc) is 3.42. The predicted octanol–water partition coefficient (Wildman–Crippen LogP) is 4.10. The summed E-state index contributed by atoms with van der Waals surface area (Å²) < 4.78 is 42.5. The Morgan fingerprint density at radius 3 is 2.79 bits per heavy atom. The van der Waals surface area contributed by atoms with Crippen LogP contribution >= 0.6 is 0 Å². The Balaban J connectivity index is 1.25. The minimum Gasteiger partial charge on any atom is -0.324 e. The fourth-order valence-electron chi connectivity index (χ4n) is 6.23. The molecule has 7 rings (SSSR count). The van der Waals surface area contributed by atoms with Gasteiger partial charge in [0, 0.05) is 37.7 Å². The summed E-state index contributed by atoms with van der Waals surface area (Å²) in [5, 5.41) is 3.61. The lowest BCUT2D eigenvalue weighted by atomic mass is 9.77. The molecule has 9 nitrogen and oxygen atoms in total. The molecule has 0 amide bonds. The molecule has 11 heteroatoms. The Hall–Kier alpha value is -3.57. The largest absolute Gasteiger partial charge is 0.324 e. The first-order chi connectivity index (χ1) is 18.4. The van der Waals surface area contributed by atoms with Crippen molar-refractivity contribution >= 4 is 38.5 Å². The number of rotatable bonds is 4. The summed E-state index contributed by atoms with van der Waals surface area (Å²) in [5.41, 5.74) is 5.53. The van der Waals surface area contributed by atoms with Crippen molar-refractivity contribution in [3.63, 3.8) is 0 Å². The molecule has 4 aromatic rings. The number of halogens is 1. The monoisotopic (exact) mass is 533 g/mol. The molecule has 2 aliphatic heterocycles. The summed E-state index contributed by atoms with van der Waals surface area (Å²) in [5.74, 6) is 1.29. The second-order valence-electron chi connectivity index (χ2n) is 10.5. The van der Waals surface area contributed by atoms with E-state index in [-0.39, 0.29) is 11.1 Å². The summed E-state index contributed by atoms with van der Waals surface area (Å²) in [6.45, 7) is 2.40. The number of anilines is 3. The Labute approximate surface area is 220 Å². The molecule has 1 aliphatic carbocycles. The average molecular weight is 534 g/mol. The normalized spacial score (nSPS) is 20.6. The molecule has 196 valence electrons. The smallest absolute Gasteiger partial charge is 0.236 e. The molecule has 3 aromatic heterocycles. The fourth-order valence-corrected chi connectivity index (χ4v) is 7.73. The Kier molecular flexibility index (Phi) is 5.41. The summed E-state index contributed by atoms with van der Waals surface area (Å²) in [6, 6.07) is 9.47. The topological polar surface area (TPSA) is 96.2 Å². The number of likely N-dealkylation sites (N-methyl/N-ethyl adjacent to an activating group) is 1. The molecule has 0 radical (unpaired) electrons. The van der Waals surface area contributed by atoms with Crippen molar-refractivity contribution in [1.82, 2.24) is 24.4 Å². The van der Waals surface area contributed by atoms with Gasteiger partial charge in [-0.25, -0.2) is 22.8 Å². The van der Waals surface area contributed by atoms with E-state index in [4.69, 9.17) is 0 Å². The minimum atomic E-state index is -3.38. The Bertz CT molecular complexity index is 1690. The maximum Gasteiger partial charge on any atom is 0.236 e. The van der Waals surface area contributed by atoms with E-state index in [0.29, 0.717) is 42.1 Å². The van der Waals surface area contributed by atoms with Gasteiger partial charge >= 0.3 is 0 Å². The van der Waals surface area contributed by atoms with E-state index in [0.717, 1.165) is 25.2 Å². The zero-order valence-corrected chi connectivity index (χ0v) is 21.9. The number of hydrogen-bond donors (Lipinski definition) is 1. The van der Waals surface area contributed by atoms with Gasteiger partial charge in [0.15, 0.2) is 11.5 Å². The number of nitrogens with one attached hydrogen (secondary N) is 1. The molecule has 1 aromatic carbocycles. The van der Waals surface area contributed by atoms with Crippen LogP contribution in [0.2, 0.25) is 0 Å². The van der Waals surface area contributed by atoms with Gasteiger partial charge < -0.3 is 10.2 Å². The lowest BCUT2D eigenvalue weighted by molar-refractivity contribution is 0.266. The van der Waals surface area contributed by atoms with Gasteiger partial charge in [0.05, 0.1) is 11.1 Å². The maximum absolute atomic E-state index is 14.9. The maximum atomic E-state index is 14.9. The van der Waals surface area contributed by atoms with E-state index in [1.54, 1.807) is 22.8 Å². The van der Waals surface area contributed by atoms with Gasteiger partial charge in [0.25, 0.3) is 0 Å². The van der Waals surface area contributed by atoms with Gasteiger partial charge in [0.2, 0.25) is 16.0 Å². The SMILES string of the molecule is CN1Cc2cc(Nc3ncc4c(F)cn(-c5cccc(N6CCCS6(=O)=O)n5)c4n3)cc3c2C(CCC3)C1. The second-order valence-corrected chi connectivity index (χ2v) is 12.5. The van der Waals surface area contributed by atoms with Gasteiger partial charge in [0.1, 0.15) is 11.6 Å². The number of aryl methyl sites for hydroxylation is 1. The lowest BCUT2D eigenvalue weighted by Crippen LogP contribution is -2.33. The van der Waals surface area contributed by atoms with Crippen LogP contribution in [0.3, 0.4) is 0 Å². The summed E-state index contributed by atoms with van der Waals surface area (Å²) in [6.07, 6.45) is 6.83. The number of sulfonamides is 1. The van der Waals surface area contributed by atoms with Crippen LogP contribution in [-0.4, -0.2) is 58.7 Å². The summed E-state index contributed by atoms with van der Waals surface area (Å²) in [7, 11) is -1.22. The molecule has 38 heavy (non-hydrogen) atoms. The van der Waals surface area contributed by atoms with Gasteiger partial charge in [-0.15, -0.1) is 0 Å². The van der Waals surface area contributed by atoms with Gasteiger partial charge in [-0.3, -0.25) is 8.87 Å². The van der Waals surface area contributed by atoms with Gasteiger partial charge in [-0.05, 0) is 79.6 Å². The molecular weight excluding hydrogens is 505 g/mol. The number of fused-ring (bicyclic) bond motifs is 1. The highest BCUT2D eigenvalue weighted by molar-refractivity contribution is 7.93. The van der Waals surface area contributed by atoms with Crippen LogP contribution in [0, 0.1) is 5.82 Å². The van der Waals surface area contributed by atoms with E-state index < -0.39 is 15.8 Å². The first kappa shape index (κ1) is 23.5. The third kappa shape index (κ3) is 3.92. The molecule has 1 unspecified atom stereocenters. The zero-order valence-electron chi connectivity index (χ0n) is 21.1. The minimum absolute atomic E-state index is 0.101. The molecule has 0 spiro atoms. The van der Waals surface area contributed by atoms with Crippen LogP contribution in [0.15, 0.2) is 42.7 Å². The number of nitrogens with zero attached hydrogens (tertiary/aromatic N) is 6. The molecular formula is C27H28FN7O2S. The lowest BCUT2D eigenvalue weighted by Gasteiger charge is -2.37. The van der Waals surface area contributed by atoms with Crippen LogP contribution in [-0.2, 0) is 23.0 Å². The van der Waals surface area contributed by atoms with E-state index in [9.17, 15) is 12.8 Å². The van der Waals surface area contributed by atoms with Gasteiger partial charge in [-0.1, -0.05) is 6.07 Å². The number of hydrogen-bond acceptors (Lipinski definition) is 7. The molecule has 1 fully saturated rings. The van der Waals surface area contributed by atoms with E-state index in [1.165, 1.54) is 46.2 Å². The molecule has 0 bridgehead atoms. The number of benzene rings is 1. The van der Waals surface area contributed by atoms with Crippen molar-refractivity contribution in [1.29, 1.82) is 0 Å².